The van der Waals surface area contributed by atoms with Gasteiger partial charge in [-0.25, -0.2) is 0 Å². The summed E-state index contributed by atoms with van der Waals surface area (Å²) in [5.74, 6) is -0.634. The highest BCUT2D eigenvalue weighted by Crippen LogP contribution is 2.21. The van der Waals surface area contributed by atoms with E-state index in [0.717, 1.165) is 11.8 Å². The van der Waals surface area contributed by atoms with E-state index >= 15 is 0 Å². The van der Waals surface area contributed by atoms with E-state index in [1.165, 1.54) is 7.11 Å². The van der Waals surface area contributed by atoms with E-state index in [1.807, 2.05) is 6.07 Å². The number of carbonyl (C=O) groups is 3. The van der Waals surface area contributed by atoms with E-state index in [-0.39, 0.29) is 22.8 Å². The van der Waals surface area contributed by atoms with E-state index in [2.05, 4.69) is 4.74 Å². The third kappa shape index (κ3) is 4.32. The van der Waals surface area contributed by atoms with Gasteiger partial charge in [-0.3, -0.25) is 14.4 Å². The summed E-state index contributed by atoms with van der Waals surface area (Å²) in [6, 6.07) is 15.6. The van der Waals surface area contributed by atoms with Crippen molar-refractivity contribution in [3.05, 3.63) is 71.3 Å². The molecule has 0 saturated carbocycles. The van der Waals surface area contributed by atoms with Crippen molar-refractivity contribution in [2.24, 2.45) is 5.92 Å². The Kier molecular flexibility index (Phi) is 6.32. The lowest BCUT2D eigenvalue weighted by atomic mass is 9.99. The molecule has 124 valence electrons. The quantitative estimate of drug-likeness (QED) is 0.593. The number of ketones is 1. The lowest BCUT2D eigenvalue weighted by Crippen LogP contribution is -2.16. The predicted octanol–water partition coefficient (Wildman–Crippen LogP) is 3.60. The van der Waals surface area contributed by atoms with Crippen LogP contribution in [-0.2, 0) is 9.53 Å². The summed E-state index contributed by atoms with van der Waals surface area (Å²) >= 11 is 1.02. The Morgan fingerprint density at radius 3 is 2.17 bits per heavy atom. The molecular weight excluding hydrogens is 324 g/mol. The van der Waals surface area contributed by atoms with Gasteiger partial charge in [-0.2, -0.15) is 0 Å². The van der Waals surface area contributed by atoms with Gasteiger partial charge < -0.3 is 4.74 Å². The molecule has 0 N–H and O–H groups in total. The minimum absolute atomic E-state index is 0.193. The van der Waals surface area contributed by atoms with Gasteiger partial charge in [-0.1, -0.05) is 67.2 Å². The first-order chi connectivity index (χ1) is 11.5. The van der Waals surface area contributed by atoms with Crippen LogP contribution in [0.1, 0.15) is 33.2 Å². The zero-order valence-electron chi connectivity index (χ0n) is 13.5. The van der Waals surface area contributed by atoms with Crippen LogP contribution in [0.4, 0.5) is 0 Å². The van der Waals surface area contributed by atoms with Crippen molar-refractivity contribution < 1.29 is 19.1 Å². The van der Waals surface area contributed by atoms with Crippen molar-refractivity contribution in [1.82, 2.24) is 0 Å². The Morgan fingerprint density at radius 1 is 0.958 bits per heavy atom. The number of esters is 1. The number of rotatable bonds is 6. The molecule has 0 amide bonds. The molecule has 24 heavy (non-hydrogen) atoms. The van der Waals surface area contributed by atoms with E-state index < -0.39 is 0 Å². The first-order valence-corrected chi connectivity index (χ1v) is 8.47. The summed E-state index contributed by atoms with van der Waals surface area (Å²) in [6.45, 7) is 1.70. The van der Waals surface area contributed by atoms with Gasteiger partial charge in [0.2, 0.25) is 5.12 Å². The van der Waals surface area contributed by atoms with Crippen LogP contribution < -0.4 is 0 Å². The van der Waals surface area contributed by atoms with Gasteiger partial charge in [-0.05, 0) is 6.07 Å². The molecule has 0 radical (unpaired) electrons. The monoisotopic (exact) mass is 342 g/mol. The van der Waals surface area contributed by atoms with E-state index in [9.17, 15) is 14.4 Å². The molecule has 0 aliphatic carbocycles. The summed E-state index contributed by atoms with van der Waals surface area (Å²) in [6.07, 6.45) is 0. The van der Waals surface area contributed by atoms with E-state index in [1.54, 1.807) is 55.5 Å². The Labute approximate surface area is 145 Å². The van der Waals surface area contributed by atoms with Gasteiger partial charge in [0, 0.05) is 22.4 Å². The minimum atomic E-state index is -0.388. The molecule has 4 nitrogen and oxygen atoms in total. The zero-order valence-corrected chi connectivity index (χ0v) is 14.3. The van der Waals surface area contributed by atoms with Crippen LogP contribution in [0.15, 0.2) is 54.6 Å². The molecule has 0 saturated heterocycles. The summed E-state index contributed by atoms with van der Waals surface area (Å²) in [7, 11) is 1.32. The maximum absolute atomic E-state index is 12.6. The number of hydrogen-bond acceptors (Lipinski definition) is 5. The van der Waals surface area contributed by atoms with Crippen LogP contribution in [0.3, 0.4) is 0 Å². The first-order valence-electron chi connectivity index (χ1n) is 7.48. The predicted molar refractivity (Wildman–Crippen MR) is 94.3 cm³/mol. The molecule has 0 aliphatic heterocycles. The third-order valence-corrected chi connectivity index (χ3v) is 4.64. The molecule has 1 atom stereocenters. The van der Waals surface area contributed by atoms with Gasteiger partial charge in [-0.15, -0.1) is 0 Å². The fraction of sp³-hybridized carbons (Fsp3) is 0.211. The Morgan fingerprint density at radius 2 is 1.54 bits per heavy atom. The summed E-state index contributed by atoms with van der Waals surface area (Å²) < 4.78 is 4.65. The Balaban J connectivity index is 2.18. The lowest BCUT2D eigenvalue weighted by molar-refractivity contribution is -0.143. The second-order valence-corrected chi connectivity index (χ2v) is 6.26. The fourth-order valence-electron chi connectivity index (χ4n) is 2.15. The van der Waals surface area contributed by atoms with Crippen LogP contribution in [0.25, 0.3) is 0 Å². The average molecular weight is 342 g/mol. The van der Waals surface area contributed by atoms with Gasteiger partial charge >= 0.3 is 5.97 Å². The van der Waals surface area contributed by atoms with Crippen molar-refractivity contribution in [2.45, 2.75) is 6.92 Å². The molecule has 0 bridgehead atoms. The molecule has 2 rings (SSSR count). The summed E-state index contributed by atoms with van der Waals surface area (Å²) in [5, 5.41) is -0.231. The van der Waals surface area contributed by atoms with Crippen LogP contribution in [0, 0.1) is 5.92 Å². The number of methoxy groups -OCH3 is 1. The SMILES string of the molecule is COC(=O)[C@@H](C)CSC(=O)c1ccccc1C(=O)c1ccccc1. The molecule has 2 aromatic carbocycles. The van der Waals surface area contributed by atoms with Crippen LogP contribution >= 0.6 is 11.8 Å². The second-order valence-electron chi connectivity index (χ2n) is 5.26. The highest BCUT2D eigenvalue weighted by atomic mass is 32.2. The van der Waals surface area contributed by atoms with Crippen LogP contribution in [0.5, 0.6) is 0 Å². The maximum Gasteiger partial charge on any atom is 0.309 e. The van der Waals surface area contributed by atoms with Gasteiger partial charge in [0.15, 0.2) is 5.78 Å². The minimum Gasteiger partial charge on any atom is -0.469 e. The molecule has 2 aromatic rings. The zero-order chi connectivity index (χ0) is 17.5. The number of ether oxygens (including phenoxy) is 1. The van der Waals surface area contributed by atoms with E-state index in [4.69, 9.17) is 0 Å². The number of thioether (sulfide) groups is 1. The fourth-order valence-corrected chi connectivity index (χ4v) is 3.02. The largest absolute Gasteiger partial charge is 0.469 e. The molecular formula is C19H18O4S. The van der Waals surface area contributed by atoms with Gasteiger partial charge in [0.25, 0.3) is 0 Å². The van der Waals surface area contributed by atoms with Crippen molar-refractivity contribution in [2.75, 3.05) is 12.9 Å². The highest BCUT2D eigenvalue weighted by Gasteiger charge is 2.20. The van der Waals surface area contributed by atoms with Crippen molar-refractivity contribution in [3.63, 3.8) is 0 Å². The lowest BCUT2D eigenvalue weighted by Gasteiger charge is -2.10. The topological polar surface area (TPSA) is 60.4 Å². The molecule has 0 fully saturated rings. The van der Waals surface area contributed by atoms with Crippen molar-refractivity contribution in [1.29, 1.82) is 0 Å². The molecule has 0 aromatic heterocycles. The molecule has 0 spiro atoms. The number of benzene rings is 2. The standard InChI is InChI=1S/C19H18O4S/c1-13(18(21)23-2)12-24-19(22)16-11-7-6-10-15(16)17(20)14-8-4-3-5-9-14/h3-11,13H,12H2,1-2H3/t13-/m0/s1. The van der Waals surface area contributed by atoms with Crippen LogP contribution in [0.2, 0.25) is 0 Å². The highest BCUT2D eigenvalue weighted by molar-refractivity contribution is 8.14. The Hall–Kier alpha value is -2.40. The van der Waals surface area contributed by atoms with Gasteiger partial charge in [0.05, 0.1) is 13.0 Å². The smallest absolute Gasteiger partial charge is 0.309 e. The molecule has 0 unspecified atom stereocenters. The average Bonchev–Trinajstić information content (AvgIpc) is 2.65. The van der Waals surface area contributed by atoms with Crippen molar-refractivity contribution in [3.8, 4) is 0 Å². The maximum atomic E-state index is 12.6. The number of hydrogen-bond donors (Lipinski definition) is 0. The van der Waals surface area contributed by atoms with E-state index in [0.29, 0.717) is 22.4 Å². The summed E-state index contributed by atoms with van der Waals surface area (Å²) in [5.41, 5.74) is 1.26. The molecule has 0 heterocycles. The molecule has 5 heteroatoms. The summed E-state index contributed by atoms with van der Waals surface area (Å²) in [4.78, 5) is 36.5. The van der Waals surface area contributed by atoms with Crippen LogP contribution in [-0.4, -0.2) is 29.7 Å². The van der Waals surface area contributed by atoms with Crippen molar-refractivity contribution >= 4 is 28.6 Å². The number of carbonyl (C=O) groups excluding carboxylic acids is 3. The van der Waals surface area contributed by atoms with Gasteiger partial charge in [0.1, 0.15) is 0 Å². The Bertz CT molecular complexity index is 740. The second kappa shape index (κ2) is 8.45. The molecule has 0 aliphatic rings. The normalized spacial score (nSPS) is 11.6. The first kappa shape index (κ1) is 17.9. The third-order valence-electron chi connectivity index (χ3n) is 3.50.